The third-order valence-electron chi connectivity index (χ3n) is 4.79. The Hall–Kier alpha value is -2.42. The van der Waals surface area contributed by atoms with Gasteiger partial charge in [-0.1, -0.05) is 17.7 Å². The van der Waals surface area contributed by atoms with E-state index in [1.165, 1.54) is 20.0 Å². The van der Waals surface area contributed by atoms with Crippen molar-refractivity contribution in [2.75, 3.05) is 23.8 Å². The molecule has 0 saturated carbocycles. The molecule has 0 bridgehead atoms. The molecule has 1 N–H and O–H groups in total. The zero-order chi connectivity index (χ0) is 21.3. The first-order valence-corrected chi connectivity index (χ1v) is 10.9. The van der Waals surface area contributed by atoms with E-state index in [0.29, 0.717) is 17.1 Å². The average molecular weight is 436 g/mol. The smallest absolute Gasteiger partial charge is 0.243 e. The molecule has 1 aliphatic rings. The highest BCUT2D eigenvalue weighted by atomic mass is 35.5. The molecule has 0 spiro atoms. The van der Waals surface area contributed by atoms with Gasteiger partial charge in [-0.15, -0.1) is 0 Å². The van der Waals surface area contributed by atoms with Crippen molar-refractivity contribution in [3.8, 4) is 0 Å². The number of halogens is 1. The molecule has 1 aliphatic heterocycles. The molecule has 29 heavy (non-hydrogen) atoms. The van der Waals surface area contributed by atoms with Gasteiger partial charge in [0, 0.05) is 36.4 Å². The van der Waals surface area contributed by atoms with Crippen LogP contribution in [0.2, 0.25) is 5.02 Å². The van der Waals surface area contributed by atoms with Gasteiger partial charge in [0.25, 0.3) is 0 Å². The molecule has 1 unspecified atom stereocenters. The lowest BCUT2D eigenvalue weighted by Gasteiger charge is -2.21. The van der Waals surface area contributed by atoms with Crippen molar-refractivity contribution in [1.82, 2.24) is 4.31 Å². The number of nitrogens with one attached hydrogen (secondary N) is 1. The number of carbonyl (C=O) groups excluding carboxylic acids is 2. The second kappa shape index (κ2) is 8.14. The summed E-state index contributed by atoms with van der Waals surface area (Å²) < 4.78 is 26.8. The molecule has 1 atom stereocenters. The van der Waals surface area contributed by atoms with E-state index >= 15 is 0 Å². The first-order valence-electron chi connectivity index (χ1n) is 9.04. The van der Waals surface area contributed by atoms with Crippen LogP contribution in [0.5, 0.6) is 0 Å². The zero-order valence-electron chi connectivity index (χ0n) is 16.3. The van der Waals surface area contributed by atoms with Gasteiger partial charge in [-0.25, -0.2) is 8.42 Å². The Kier molecular flexibility index (Phi) is 5.97. The normalized spacial score (nSPS) is 16.0. The minimum atomic E-state index is -3.87. The van der Waals surface area contributed by atoms with E-state index in [0.717, 1.165) is 15.6 Å². The van der Waals surface area contributed by atoms with E-state index in [9.17, 15) is 18.0 Å². The molecule has 0 aliphatic carbocycles. The lowest BCUT2D eigenvalue weighted by Crippen LogP contribution is -2.35. The Bertz CT molecular complexity index is 1070. The minimum Gasteiger partial charge on any atom is -0.325 e. The molecule has 0 fully saturated rings. The number of rotatable bonds is 5. The summed E-state index contributed by atoms with van der Waals surface area (Å²) in [5.41, 5.74) is 2.01. The molecule has 9 heteroatoms. The van der Waals surface area contributed by atoms with Crippen molar-refractivity contribution >= 4 is 44.8 Å². The number of likely N-dealkylation sites (N-methyl/N-ethyl adjacent to an activating group) is 1. The van der Waals surface area contributed by atoms with Gasteiger partial charge in [0.15, 0.2) is 0 Å². The van der Waals surface area contributed by atoms with Crippen LogP contribution in [0.3, 0.4) is 0 Å². The molecule has 0 saturated heterocycles. The Morgan fingerprint density at radius 2 is 1.97 bits per heavy atom. The molecule has 2 aromatic carbocycles. The van der Waals surface area contributed by atoms with E-state index < -0.39 is 15.9 Å². The van der Waals surface area contributed by atoms with Gasteiger partial charge in [0.05, 0.1) is 11.4 Å². The first-order chi connectivity index (χ1) is 13.6. The fourth-order valence-corrected chi connectivity index (χ4v) is 4.85. The number of hydrogen-bond acceptors (Lipinski definition) is 4. The summed E-state index contributed by atoms with van der Waals surface area (Å²) in [4.78, 5) is 25.9. The highest BCUT2D eigenvalue weighted by Gasteiger charge is 2.31. The van der Waals surface area contributed by atoms with Gasteiger partial charge in [0.1, 0.15) is 0 Å². The molecule has 2 aromatic rings. The number of sulfonamides is 1. The van der Waals surface area contributed by atoms with Gasteiger partial charge < -0.3 is 10.2 Å². The molecule has 7 nitrogen and oxygen atoms in total. The summed E-state index contributed by atoms with van der Waals surface area (Å²) in [6.07, 6.45) is 0.581. The predicted molar refractivity (Wildman–Crippen MR) is 113 cm³/mol. The Morgan fingerprint density at radius 1 is 1.24 bits per heavy atom. The van der Waals surface area contributed by atoms with Crippen LogP contribution in [-0.4, -0.2) is 44.2 Å². The Morgan fingerprint density at radius 3 is 2.62 bits per heavy atom. The van der Waals surface area contributed by atoms with E-state index in [2.05, 4.69) is 5.32 Å². The predicted octanol–water partition coefficient (Wildman–Crippen LogP) is 2.90. The van der Waals surface area contributed by atoms with Gasteiger partial charge in [0.2, 0.25) is 21.8 Å². The summed E-state index contributed by atoms with van der Waals surface area (Å²) in [6, 6.07) is 11.3. The largest absolute Gasteiger partial charge is 0.325 e. The maximum absolute atomic E-state index is 12.9. The molecule has 1 heterocycles. The Labute approximate surface area is 175 Å². The Balaban J connectivity index is 1.76. The van der Waals surface area contributed by atoms with Crippen LogP contribution in [0.1, 0.15) is 19.4 Å². The minimum absolute atomic E-state index is 0.0262. The van der Waals surface area contributed by atoms with Crippen LogP contribution in [-0.2, 0) is 26.0 Å². The van der Waals surface area contributed by atoms with E-state index in [1.807, 2.05) is 6.92 Å². The summed E-state index contributed by atoms with van der Waals surface area (Å²) in [6.45, 7) is 3.06. The fraction of sp³-hybridized carbons (Fsp3) is 0.300. The van der Waals surface area contributed by atoms with Crippen LogP contribution < -0.4 is 10.2 Å². The molecule has 3 rings (SSSR count). The SMILES string of the molecule is CC(=O)N1c2ccc(S(=O)(=O)N(C)CC(=O)Nc3cccc(Cl)c3)cc2CC1C. The zero-order valence-corrected chi connectivity index (χ0v) is 17.9. The quantitative estimate of drug-likeness (QED) is 0.782. The van der Waals surface area contributed by atoms with Gasteiger partial charge in [-0.2, -0.15) is 4.31 Å². The monoisotopic (exact) mass is 435 g/mol. The molecule has 154 valence electrons. The number of hydrogen-bond donors (Lipinski definition) is 1. The second-order valence-corrected chi connectivity index (χ2v) is 9.53. The van der Waals surface area contributed by atoms with Crippen LogP contribution in [0, 0.1) is 0 Å². The van der Waals surface area contributed by atoms with Crippen molar-refractivity contribution in [3.05, 3.63) is 53.1 Å². The van der Waals surface area contributed by atoms with Crippen LogP contribution in [0.25, 0.3) is 0 Å². The van der Waals surface area contributed by atoms with Crippen LogP contribution in [0.15, 0.2) is 47.4 Å². The van der Waals surface area contributed by atoms with E-state index in [4.69, 9.17) is 11.6 Å². The average Bonchev–Trinajstić information content (AvgIpc) is 2.96. The standard InChI is InChI=1S/C20H22ClN3O4S/c1-13-9-15-10-18(7-8-19(15)24(13)14(2)25)29(27,28)23(3)12-20(26)22-17-6-4-5-16(21)11-17/h4-8,10-11,13H,9,12H2,1-3H3,(H,22,26). The third-order valence-corrected chi connectivity index (χ3v) is 6.82. The lowest BCUT2D eigenvalue weighted by atomic mass is 10.1. The van der Waals surface area contributed by atoms with Crippen molar-refractivity contribution in [3.63, 3.8) is 0 Å². The van der Waals surface area contributed by atoms with Crippen molar-refractivity contribution < 1.29 is 18.0 Å². The highest BCUT2D eigenvalue weighted by Crippen LogP contribution is 2.34. The van der Waals surface area contributed by atoms with Crippen LogP contribution in [0.4, 0.5) is 11.4 Å². The summed E-state index contributed by atoms with van der Waals surface area (Å²) in [5.74, 6) is -0.558. The number of amides is 2. The van der Waals surface area contributed by atoms with Gasteiger partial charge in [-0.05, 0) is 55.3 Å². The number of nitrogens with zero attached hydrogens (tertiary/aromatic N) is 2. The maximum Gasteiger partial charge on any atom is 0.243 e. The third kappa shape index (κ3) is 4.44. The summed E-state index contributed by atoms with van der Waals surface area (Å²) in [7, 11) is -2.52. The van der Waals surface area contributed by atoms with Crippen LogP contribution >= 0.6 is 11.6 Å². The number of benzene rings is 2. The molecule has 0 radical (unpaired) electrons. The second-order valence-electron chi connectivity index (χ2n) is 7.05. The number of anilines is 2. The molecule has 0 aromatic heterocycles. The van der Waals surface area contributed by atoms with Gasteiger partial charge in [-0.3, -0.25) is 9.59 Å². The van der Waals surface area contributed by atoms with Crippen molar-refractivity contribution in [1.29, 1.82) is 0 Å². The fourth-order valence-electron chi connectivity index (χ4n) is 3.48. The molecule has 2 amide bonds. The summed E-state index contributed by atoms with van der Waals surface area (Å²) in [5, 5.41) is 3.10. The molecular formula is C20H22ClN3O4S. The maximum atomic E-state index is 12.9. The van der Waals surface area contributed by atoms with E-state index in [-0.39, 0.29) is 23.4 Å². The lowest BCUT2D eigenvalue weighted by molar-refractivity contribution is -0.117. The van der Waals surface area contributed by atoms with E-state index in [1.54, 1.807) is 41.3 Å². The number of carbonyl (C=O) groups is 2. The van der Waals surface area contributed by atoms with Crippen molar-refractivity contribution in [2.45, 2.75) is 31.2 Å². The van der Waals surface area contributed by atoms with Crippen molar-refractivity contribution in [2.24, 2.45) is 0 Å². The summed E-state index contributed by atoms with van der Waals surface area (Å²) >= 11 is 5.89. The highest BCUT2D eigenvalue weighted by molar-refractivity contribution is 7.89. The van der Waals surface area contributed by atoms with Gasteiger partial charge >= 0.3 is 0 Å². The molecular weight excluding hydrogens is 414 g/mol. The first kappa shape index (κ1) is 21.3. The topological polar surface area (TPSA) is 86.8 Å². The number of fused-ring (bicyclic) bond motifs is 1.